The van der Waals surface area contributed by atoms with E-state index in [0.717, 1.165) is 26.8 Å². The van der Waals surface area contributed by atoms with Crippen LogP contribution in [0.1, 0.15) is 92.4 Å². The quantitative estimate of drug-likeness (QED) is 0.0178. The summed E-state index contributed by atoms with van der Waals surface area (Å²) in [6.45, 7) is 2.76. The van der Waals surface area contributed by atoms with E-state index in [1.807, 2.05) is 55.5 Å². The summed E-state index contributed by atoms with van der Waals surface area (Å²) in [5.41, 5.74) is 3.96. The molecule has 0 aromatic heterocycles. The molecular weight excluding hydrogens is 1160 g/mol. The van der Waals surface area contributed by atoms with Crippen molar-refractivity contribution in [1.29, 1.82) is 0 Å². The Balaban J connectivity index is 0.885. The molecule has 0 saturated carbocycles. The number of esters is 2. The third-order valence-electron chi connectivity index (χ3n) is 16.3. The number of methoxy groups -OCH3 is 2. The molecule has 5 aromatic carbocycles. The third kappa shape index (κ3) is 13.8. The molecule has 2 fully saturated rings. The van der Waals surface area contributed by atoms with Crippen LogP contribution in [0.5, 0.6) is 11.5 Å². The summed E-state index contributed by atoms with van der Waals surface area (Å²) in [5.74, 6) is -3.31. The van der Waals surface area contributed by atoms with Crippen molar-refractivity contribution in [1.82, 2.24) is 10.2 Å². The Morgan fingerprint density at radius 3 is 1.97 bits per heavy atom. The fourth-order valence-corrected chi connectivity index (χ4v) is 12.1. The molecule has 5 heterocycles. The van der Waals surface area contributed by atoms with E-state index in [9.17, 15) is 53.7 Å². The van der Waals surface area contributed by atoms with Gasteiger partial charge >= 0.3 is 11.9 Å². The van der Waals surface area contributed by atoms with Gasteiger partial charge in [0, 0.05) is 129 Å². The van der Waals surface area contributed by atoms with Crippen molar-refractivity contribution in [3.8, 4) is 11.5 Å². The zero-order chi connectivity index (χ0) is 62.3. The first-order valence-electron chi connectivity index (χ1n) is 29.2. The highest BCUT2D eigenvalue weighted by Crippen LogP contribution is 2.48. The number of alkyl halides is 1. The number of aliphatic hydroxyl groups is 3. The van der Waals surface area contributed by atoms with Gasteiger partial charge in [0.2, 0.25) is 24.4 Å². The molecule has 7 unspecified atom stereocenters. The van der Waals surface area contributed by atoms with Gasteiger partial charge in [0.1, 0.15) is 17.6 Å². The highest BCUT2D eigenvalue weighted by atomic mass is 35.5. The first-order chi connectivity index (χ1) is 42.4. The lowest BCUT2D eigenvalue weighted by Gasteiger charge is -2.36. The van der Waals surface area contributed by atoms with Crippen LogP contribution in [-0.2, 0) is 57.3 Å². The van der Waals surface area contributed by atoms with Gasteiger partial charge in [-0.25, -0.2) is 9.59 Å². The number of carbonyl (C=O) groups excluding carboxylic acids is 8. The van der Waals surface area contributed by atoms with Crippen LogP contribution < -0.4 is 29.9 Å². The molecule has 5 aromatic rings. The summed E-state index contributed by atoms with van der Waals surface area (Å²) in [6.07, 6.45) is 1.42. The van der Waals surface area contributed by atoms with E-state index in [2.05, 4.69) is 10.6 Å². The van der Waals surface area contributed by atoms with Crippen LogP contribution in [0.3, 0.4) is 0 Å². The molecule has 0 bridgehead atoms. The number of aliphatic hydroxyl groups excluding tert-OH is 3. The number of unbranched alkanes of at least 4 members (excludes halogenated alkanes) is 2. The molecule has 10 rings (SSSR count). The topological polar surface area (TPSA) is 286 Å². The molecule has 0 radical (unpaired) electrons. The van der Waals surface area contributed by atoms with Gasteiger partial charge in [0.25, 0.3) is 23.6 Å². The van der Waals surface area contributed by atoms with E-state index in [4.69, 9.17) is 40.0 Å². The average molecular weight is 1230 g/mol. The monoisotopic (exact) mass is 1230 g/mol. The number of hydrogen-bond acceptors (Lipinski definition) is 17. The Morgan fingerprint density at radius 1 is 0.682 bits per heavy atom. The maximum absolute atomic E-state index is 14.5. The van der Waals surface area contributed by atoms with Crippen LogP contribution in [0.4, 0.5) is 17.1 Å². The molecule has 88 heavy (non-hydrogen) atoms. The SMILES string of the molecule is COC(=O)C1CC(O)CC(Oc2cc3c(c4ccccc24)C(CCl)CN3C(=O)/C=C/c2ccc(/C=C/C(=O)N3C[C@@H](C)c4c3cc(OC3OC(C(=O)OC)CC(O)[C@H]3O)c3ccccc43)c(NC(=O)CCNC(=O)CCCCCN3C(=O)C=CC3=O)c2)O1. The molecule has 0 spiro atoms. The van der Waals surface area contributed by atoms with Crippen molar-refractivity contribution in [3.63, 3.8) is 0 Å². The first-order valence-corrected chi connectivity index (χ1v) is 29.7. The maximum atomic E-state index is 14.5. The van der Waals surface area contributed by atoms with Crippen molar-refractivity contribution >= 4 is 110 Å². The van der Waals surface area contributed by atoms with Crippen molar-refractivity contribution in [2.24, 2.45) is 0 Å². The molecule has 0 aliphatic carbocycles. The molecule has 2 saturated heterocycles. The van der Waals surface area contributed by atoms with E-state index >= 15 is 0 Å². The van der Waals surface area contributed by atoms with Gasteiger partial charge in [-0.1, -0.05) is 74.0 Å². The molecule has 5 aliphatic rings. The number of hydrogen-bond donors (Lipinski definition) is 5. The van der Waals surface area contributed by atoms with E-state index in [1.54, 1.807) is 52.3 Å². The molecule has 6 amide bonds. The lowest BCUT2D eigenvalue weighted by molar-refractivity contribution is -0.238. The second kappa shape index (κ2) is 27.7. The minimum absolute atomic E-state index is 0.00236. The molecule has 9 atom stereocenters. The summed E-state index contributed by atoms with van der Waals surface area (Å²) < 4.78 is 34.1. The van der Waals surface area contributed by atoms with Crippen molar-refractivity contribution < 1.29 is 82.1 Å². The van der Waals surface area contributed by atoms with Crippen LogP contribution >= 0.6 is 11.6 Å². The van der Waals surface area contributed by atoms with Gasteiger partial charge in [-0.2, -0.15) is 0 Å². The van der Waals surface area contributed by atoms with Crippen LogP contribution in [0.2, 0.25) is 0 Å². The smallest absolute Gasteiger partial charge is 0.335 e. The number of nitrogens with one attached hydrogen (secondary N) is 2. The zero-order valence-electron chi connectivity index (χ0n) is 48.6. The van der Waals surface area contributed by atoms with Gasteiger partial charge < -0.3 is 64.2 Å². The van der Waals surface area contributed by atoms with Gasteiger partial charge in [0.15, 0.2) is 12.2 Å². The predicted octanol–water partition coefficient (Wildman–Crippen LogP) is 6.28. The zero-order valence-corrected chi connectivity index (χ0v) is 49.4. The number of benzene rings is 5. The molecule has 5 N–H and O–H groups in total. The number of halogens is 1. The Hall–Kier alpha value is -8.51. The minimum Gasteiger partial charge on any atom is -0.467 e. The second-order valence-corrected chi connectivity index (χ2v) is 22.5. The van der Waals surface area contributed by atoms with Gasteiger partial charge in [-0.15, -0.1) is 11.6 Å². The summed E-state index contributed by atoms with van der Waals surface area (Å²) >= 11 is 6.60. The number of carbonyl (C=O) groups is 8. The molecule has 23 heteroatoms. The van der Waals surface area contributed by atoms with E-state index in [1.165, 1.54) is 38.5 Å². The number of nitrogens with zero attached hydrogens (tertiary/aromatic N) is 3. The third-order valence-corrected chi connectivity index (χ3v) is 16.6. The Labute approximate surface area is 511 Å². The number of amides is 6. The number of fused-ring (bicyclic) bond motifs is 6. The number of anilines is 3. The molecular formula is C65H68ClN5O17. The molecule has 5 aliphatic heterocycles. The van der Waals surface area contributed by atoms with Crippen molar-refractivity contribution in [3.05, 3.63) is 125 Å². The summed E-state index contributed by atoms with van der Waals surface area (Å²) in [7, 11) is 2.42. The van der Waals surface area contributed by atoms with E-state index in [0.29, 0.717) is 58.3 Å². The van der Waals surface area contributed by atoms with Crippen molar-refractivity contribution in [2.75, 3.05) is 61.4 Å². The lowest BCUT2D eigenvalue weighted by Crippen LogP contribution is -2.53. The molecule has 462 valence electrons. The number of ether oxygens (including phenoxy) is 6. The number of imide groups is 1. The summed E-state index contributed by atoms with van der Waals surface area (Å²) in [5, 5.41) is 40.9. The Morgan fingerprint density at radius 2 is 1.30 bits per heavy atom. The van der Waals surface area contributed by atoms with Crippen LogP contribution in [0.25, 0.3) is 33.7 Å². The van der Waals surface area contributed by atoms with Crippen LogP contribution in [0.15, 0.2) is 103 Å². The average Bonchev–Trinajstić information content (AvgIpc) is 1.85. The lowest BCUT2D eigenvalue weighted by atomic mass is 9.95. The fourth-order valence-electron chi connectivity index (χ4n) is 11.9. The second-order valence-electron chi connectivity index (χ2n) is 22.2. The summed E-state index contributed by atoms with van der Waals surface area (Å²) in [4.78, 5) is 108. The maximum Gasteiger partial charge on any atom is 0.335 e. The fraction of sp³-hybridized carbons (Fsp3) is 0.385. The standard InChI is InChI=1S/C65H68ClN5O17/c1-36-34-70(46-30-50(41-11-6-8-13-43(41)60(36)46)87-65-62(80)48(73)32-52(88-65)64(82)84-3)58(79)21-19-38-18-16-37(27-45(38)68-54(75)24-25-67-53(74)15-5-4-10-26-69-55(76)22-23-56(69)77)17-20-57(78)71-35-39(33-66)61-44-14-9-7-12-42(44)49(31-47(61)71)85-59-29-40(72)28-51(86-59)63(81)83-2/h6-9,11-14,16-23,27,30-31,36,39-40,48,51-52,59,62,65,72-73,80H,4-5,10,15,24-26,28-29,32-35H2,1-3H3,(H,67,74)(H,68,75)/b20-17+,21-19+/t36-,39?,40?,48?,51?,52?,59?,62-,65?/m1/s1. The predicted molar refractivity (Wildman–Crippen MR) is 324 cm³/mol. The van der Waals surface area contributed by atoms with Crippen molar-refractivity contribution in [2.45, 2.75) is 113 Å². The first kappa shape index (κ1) is 62.5. The Kier molecular flexibility index (Phi) is 19.7. The van der Waals surface area contributed by atoms with Crippen LogP contribution in [-0.4, -0.2) is 157 Å². The van der Waals surface area contributed by atoms with Gasteiger partial charge in [-0.3, -0.25) is 33.7 Å². The van der Waals surface area contributed by atoms with Gasteiger partial charge in [0.05, 0.1) is 37.8 Å². The van der Waals surface area contributed by atoms with E-state index in [-0.39, 0.29) is 105 Å². The van der Waals surface area contributed by atoms with Gasteiger partial charge in [-0.05, 0) is 64.1 Å². The molecule has 22 nitrogen and oxygen atoms in total. The number of rotatable bonds is 21. The Bertz CT molecular complexity index is 3630. The van der Waals surface area contributed by atoms with E-state index < -0.39 is 72.8 Å². The highest BCUT2D eigenvalue weighted by Gasteiger charge is 2.43. The minimum atomic E-state index is -1.52. The summed E-state index contributed by atoms with van der Waals surface area (Å²) in [6, 6.07) is 23.3. The normalized spacial score (nSPS) is 23.2. The highest BCUT2D eigenvalue weighted by molar-refractivity contribution is 6.19. The van der Waals surface area contributed by atoms with Crippen LogP contribution in [0, 0.1) is 0 Å². The largest absolute Gasteiger partial charge is 0.467 e.